The van der Waals surface area contributed by atoms with Crippen molar-refractivity contribution in [2.24, 2.45) is 0 Å². The number of likely N-dealkylation sites (N-methyl/N-ethyl adjacent to an activating group) is 1. The average molecular weight is 250 g/mol. The number of benzene rings is 1. The van der Waals surface area contributed by atoms with Crippen LogP contribution in [0.5, 0.6) is 0 Å². The molecule has 3 nitrogen and oxygen atoms in total. The van der Waals surface area contributed by atoms with Crippen LogP contribution in [0.1, 0.15) is 19.4 Å². The van der Waals surface area contributed by atoms with Crippen LogP contribution in [0.3, 0.4) is 0 Å². The maximum atomic E-state index is 5.53. The highest BCUT2D eigenvalue weighted by Gasteiger charge is 1.99. The van der Waals surface area contributed by atoms with Crippen LogP contribution in [0, 0.1) is 0 Å². The standard InChI is InChI=1S/C15H26N2O/c1-14(2)18-12-11-17(3)10-9-16-13-15-7-5-4-6-8-15/h4-8,14,16H,9-13H2,1-3H3. The first-order valence-corrected chi connectivity index (χ1v) is 6.73. The van der Waals surface area contributed by atoms with Crippen molar-refractivity contribution in [3.63, 3.8) is 0 Å². The third-order valence-electron chi connectivity index (χ3n) is 2.77. The smallest absolute Gasteiger partial charge is 0.0596 e. The summed E-state index contributed by atoms with van der Waals surface area (Å²) in [4.78, 5) is 2.29. The van der Waals surface area contributed by atoms with E-state index in [1.165, 1.54) is 5.56 Å². The van der Waals surface area contributed by atoms with Gasteiger partial charge in [0.25, 0.3) is 0 Å². The normalized spacial score (nSPS) is 11.4. The number of ether oxygens (including phenoxy) is 1. The van der Waals surface area contributed by atoms with Crippen LogP contribution >= 0.6 is 0 Å². The molecule has 0 amide bonds. The number of hydrogen-bond acceptors (Lipinski definition) is 3. The summed E-state index contributed by atoms with van der Waals surface area (Å²) in [6.07, 6.45) is 0.328. The lowest BCUT2D eigenvalue weighted by molar-refractivity contribution is 0.0640. The Morgan fingerprint density at radius 3 is 2.56 bits per heavy atom. The highest BCUT2D eigenvalue weighted by Crippen LogP contribution is 1.96. The van der Waals surface area contributed by atoms with E-state index in [2.05, 4.69) is 55.4 Å². The maximum absolute atomic E-state index is 5.53. The molecule has 0 aliphatic heterocycles. The monoisotopic (exact) mass is 250 g/mol. The van der Waals surface area contributed by atoms with E-state index >= 15 is 0 Å². The summed E-state index contributed by atoms with van der Waals surface area (Å²) < 4.78 is 5.53. The molecule has 0 bridgehead atoms. The van der Waals surface area contributed by atoms with E-state index in [1.807, 2.05) is 6.07 Å². The van der Waals surface area contributed by atoms with Gasteiger partial charge in [-0.3, -0.25) is 0 Å². The lowest BCUT2D eigenvalue weighted by atomic mass is 10.2. The minimum atomic E-state index is 0.328. The van der Waals surface area contributed by atoms with Crippen LogP contribution in [0.15, 0.2) is 30.3 Å². The summed E-state index contributed by atoms with van der Waals surface area (Å²) in [6.45, 7) is 8.94. The van der Waals surface area contributed by atoms with Crippen molar-refractivity contribution in [1.29, 1.82) is 0 Å². The molecule has 0 heterocycles. The van der Waals surface area contributed by atoms with Crippen molar-refractivity contribution in [2.45, 2.75) is 26.5 Å². The molecule has 102 valence electrons. The summed E-state index contributed by atoms with van der Waals surface area (Å²) in [7, 11) is 2.13. The van der Waals surface area contributed by atoms with E-state index in [0.717, 1.165) is 32.8 Å². The zero-order valence-electron chi connectivity index (χ0n) is 11.9. The summed E-state index contributed by atoms with van der Waals surface area (Å²) in [5.41, 5.74) is 1.34. The van der Waals surface area contributed by atoms with Crippen LogP contribution in [0.2, 0.25) is 0 Å². The van der Waals surface area contributed by atoms with Gasteiger partial charge < -0.3 is 15.0 Å². The quantitative estimate of drug-likeness (QED) is 0.680. The molecule has 0 radical (unpaired) electrons. The van der Waals surface area contributed by atoms with Gasteiger partial charge in [-0.15, -0.1) is 0 Å². The molecule has 0 unspecified atom stereocenters. The molecule has 0 spiro atoms. The van der Waals surface area contributed by atoms with Crippen molar-refractivity contribution in [3.05, 3.63) is 35.9 Å². The van der Waals surface area contributed by atoms with Gasteiger partial charge in [-0.05, 0) is 26.5 Å². The Kier molecular flexibility index (Phi) is 7.65. The highest BCUT2D eigenvalue weighted by atomic mass is 16.5. The third-order valence-corrected chi connectivity index (χ3v) is 2.77. The van der Waals surface area contributed by atoms with E-state index in [4.69, 9.17) is 4.74 Å². The zero-order chi connectivity index (χ0) is 13.2. The Labute approximate surface area is 111 Å². The molecule has 0 aromatic heterocycles. The molecule has 1 aromatic rings. The number of rotatable bonds is 9. The van der Waals surface area contributed by atoms with Gasteiger partial charge in [0, 0.05) is 26.2 Å². The predicted molar refractivity (Wildman–Crippen MR) is 76.7 cm³/mol. The van der Waals surface area contributed by atoms with Gasteiger partial charge in [-0.2, -0.15) is 0 Å². The highest BCUT2D eigenvalue weighted by molar-refractivity contribution is 5.14. The summed E-state index contributed by atoms with van der Waals surface area (Å²) >= 11 is 0. The first kappa shape index (κ1) is 15.2. The Bertz CT molecular complexity index is 301. The molecule has 0 saturated carbocycles. The second kappa shape index (κ2) is 9.09. The Morgan fingerprint density at radius 2 is 1.89 bits per heavy atom. The summed E-state index contributed by atoms with van der Waals surface area (Å²) in [5.74, 6) is 0. The fourth-order valence-electron chi connectivity index (χ4n) is 1.65. The molecule has 0 aliphatic carbocycles. The number of hydrogen-bond donors (Lipinski definition) is 1. The van der Waals surface area contributed by atoms with Crippen molar-refractivity contribution < 1.29 is 4.74 Å². The molecule has 0 fully saturated rings. The van der Waals surface area contributed by atoms with Crippen LogP contribution in [-0.4, -0.2) is 44.3 Å². The second-order valence-corrected chi connectivity index (χ2v) is 4.89. The van der Waals surface area contributed by atoms with Crippen LogP contribution in [-0.2, 0) is 11.3 Å². The van der Waals surface area contributed by atoms with E-state index in [1.54, 1.807) is 0 Å². The first-order chi connectivity index (χ1) is 8.68. The molecular formula is C15H26N2O. The van der Waals surface area contributed by atoms with Crippen LogP contribution < -0.4 is 5.32 Å². The molecule has 18 heavy (non-hydrogen) atoms. The molecule has 0 atom stereocenters. The van der Waals surface area contributed by atoms with Crippen molar-refractivity contribution in [2.75, 3.05) is 33.3 Å². The van der Waals surface area contributed by atoms with Crippen molar-refractivity contribution in [1.82, 2.24) is 10.2 Å². The molecule has 0 aliphatic rings. The van der Waals surface area contributed by atoms with Gasteiger partial charge in [-0.25, -0.2) is 0 Å². The van der Waals surface area contributed by atoms with Crippen molar-refractivity contribution in [3.8, 4) is 0 Å². The van der Waals surface area contributed by atoms with Gasteiger partial charge in [0.2, 0.25) is 0 Å². The Hall–Kier alpha value is -0.900. The Morgan fingerprint density at radius 1 is 1.17 bits per heavy atom. The van der Waals surface area contributed by atoms with Gasteiger partial charge in [0.15, 0.2) is 0 Å². The Balaban J connectivity index is 2.00. The van der Waals surface area contributed by atoms with Crippen LogP contribution in [0.4, 0.5) is 0 Å². The van der Waals surface area contributed by atoms with Gasteiger partial charge >= 0.3 is 0 Å². The van der Waals surface area contributed by atoms with Crippen LogP contribution in [0.25, 0.3) is 0 Å². The summed E-state index contributed by atoms with van der Waals surface area (Å²) in [6, 6.07) is 10.5. The average Bonchev–Trinajstić information content (AvgIpc) is 2.35. The molecular weight excluding hydrogens is 224 g/mol. The minimum Gasteiger partial charge on any atom is -0.377 e. The molecule has 3 heteroatoms. The fourth-order valence-corrected chi connectivity index (χ4v) is 1.65. The second-order valence-electron chi connectivity index (χ2n) is 4.89. The van der Waals surface area contributed by atoms with Gasteiger partial charge in [0.05, 0.1) is 12.7 Å². The molecule has 1 rings (SSSR count). The molecule has 1 aromatic carbocycles. The summed E-state index contributed by atoms with van der Waals surface area (Å²) in [5, 5.41) is 3.45. The fraction of sp³-hybridized carbons (Fsp3) is 0.600. The van der Waals surface area contributed by atoms with E-state index in [-0.39, 0.29) is 0 Å². The minimum absolute atomic E-state index is 0.328. The molecule has 1 N–H and O–H groups in total. The third kappa shape index (κ3) is 7.43. The largest absolute Gasteiger partial charge is 0.377 e. The molecule has 0 saturated heterocycles. The topological polar surface area (TPSA) is 24.5 Å². The van der Waals surface area contributed by atoms with E-state index in [9.17, 15) is 0 Å². The SMILES string of the molecule is CC(C)OCCN(C)CCNCc1ccccc1. The van der Waals surface area contributed by atoms with E-state index < -0.39 is 0 Å². The number of nitrogens with zero attached hydrogens (tertiary/aromatic N) is 1. The maximum Gasteiger partial charge on any atom is 0.0596 e. The van der Waals surface area contributed by atoms with Crippen molar-refractivity contribution >= 4 is 0 Å². The predicted octanol–water partition coefficient (Wildman–Crippen LogP) is 2.13. The van der Waals surface area contributed by atoms with Gasteiger partial charge in [-0.1, -0.05) is 30.3 Å². The first-order valence-electron chi connectivity index (χ1n) is 6.73. The van der Waals surface area contributed by atoms with E-state index in [0.29, 0.717) is 6.10 Å². The number of nitrogens with one attached hydrogen (secondary N) is 1. The lowest BCUT2D eigenvalue weighted by Crippen LogP contribution is -2.31. The lowest BCUT2D eigenvalue weighted by Gasteiger charge is -2.17. The van der Waals surface area contributed by atoms with Gasteiger partial charge in [0.1, 0.15) is 0 Å². The zero-order valence-corrected chi connectivity index (χ0v) is 11.9.